The number of methoxy groups -OCH3 is 2. The van der Waals surface area contributed by atoms with E-state index < -0.39 is 0 Å². The molecule has 0 atom stereocenters. The number of hydrogen-bond donors (Lipinski definition) is 0. The molecule has 0 N–H and O–H groups in total. The van der Waals surface area contributed by atoms with Crippen molar-refractivity contribution in [2.45, 2.75) is 33.1 Å². The first-order chi connectivity index (χ1) is 6.90. The van der Waals surface area contributed by atoms with Crippen LogP contribution in [0.3, 0.4) is 0 Å². The van der Waals surface area contributed by atoms with Crippen molar-refractivity contribution in [3.05, 3.63) is 23.3 Å². The predicted octanol–water partition coefficient (Wildman–Crippen LogP) is 3.31. The lowest BCUT2D eigenvalue weighted by Gasteiger charge is -2.24. The minimum Gasteiger partial charge on any atom is -0.497 e. The Morgan fingerprint density at radius 1 is 1.00 bits per heavy atom. The van der Waals surface area contributed by atoms with Gasteiger partial charge in [0.1, 0.15) is 11.5 Å². The van der Waals surface area contributed by atoms with Crippen molar-refractivity contribution >= 4 is 0 Å². The second kappa shape index (κ2) is 4.13. The number of rotatable bonds is 2. The molecule has 0 aromatic heterocycles. The summed E-state index contributed by atoms with van der Waals surface area (Å²) in [6, 6.07) is 4.04. The third-order valence-corrected chi connectivity index (χ3v) is 2.50. The number of benzene rings is 1. The van der Waals surface area contributed by atoms with Crippen molar-refractivity contribution in [2.75, 3.05) is 14.2 Å². The van der Waals surface area contributed by atoms with Crippen molar-refractivity contribution in [3.63, 3.8) is 0 Å². The summed E-state index contributed by atoms with van der Waals surface area (Å²) in [4.78, 5) is 0. The van der Waals surface area contributed by atoms with Gasteiger partial charge in [-0.25, -0.2) is 0 Å². The van der Waals surface area contributed by atoms with Crippen molar-refractivity contribution in [2.24, 2.45) is 0 Å². The van der Waals surface area contributed by atoms with Crippen LogP contribution in [-0.4, -0.2) is 14.2 Å². The number of hydrogen-bond acceptors (Lipinski definition) is 2. The average Bonchev–Trinajstić information content (AvgIpc) is 2.15. The van der Waals surface area contributed by atoms with Gasteiger partial charge in [0, 0.05) is 5.56 Å². The van der Waals surface area contributed by atoms with Crippen molar-refractivity contribution < 1.29 is 9.47 Å². The quantitative estimate of drug-likeness (QED) is 0.742. The molecule has 0 aliphatic rings. The van der Waals surface area contributed by atoms with Crippen LogP contribution in [0.5, 0.6) is 11.5 Å². The Hall–Kier alpha value is -1.18. The van der Waals surface area contributed by atoms with Gasteiger partial charge in [-0.2, -0.15) is 0 Å². The molecule has 84 valence electrons. The van der Waals surface area contributed by atoms with Gasteiger partial charge in [0.15, 0.2) is 0 Å². The zero-order valence-corrected chi connectivity index (χ0v) is 10.5. The van der Waals surface area contributed by atoms with Gasteiger partial charge in [-0.3, -0.25) is 0 Å². The molecule has 0 amide bonds. The Kier molecular flexibility index (Phi) is 3.28. The van der Waals surface area contributed by atoms with Gasteiger partial charge in [0.25, 0.3) is 0 Å². The highest BCUT2D eigenvalue weighted by Crippen LogP contribution is 2.36. The molecule has 0 saturated heterocycles. The predicted molar refractivity (Wildman–Crippen MR) is 63.0 cm³/mol. The summed E-state index contributed by atoms with van der Waals surface area (Å²) in [6.45, 7) is 8.55. The maximum absolute atomic E-state index is 5.45. The third kappa shape index (κ3) is 2.44. The lowest BCUT2D eigenvalue weighted by Crippen LogP contribution is -2.13. The molecular formula is C13H20O2. The van der Waals surface area contributed by atoms with E-state index in [4.69, 9.17) is 9.47 Å². The summed E-state index contributed by atoms with van der Waals surface area (Å²) in [5.41, 5.74) is 2.36. The fraction of sp³-hybridized carbons (Fsp3) is 0.538. The SMILES string of the molecule is COc1cc(C)c(OC)c(C(C)(C)C)c1. The molecule has 0 unspecified atom stereocenters. The standard InChI is InChI=1S/C13H20O2/c1-9-7-10(14-5)8-11(12(9)15-6)13(2,3)4/h7-8H,1-6H3. The molecule has 0 bridgehead atoms. The summed E-state index contributed by atoms with van der Waals surface area (Å²) in [5, 5.41) is 0. The molecule has 0 heterocycles. The van der Waals surface area contributed by atoms with E-state index in [1.807, 2.05) is 19.1 Å². The summed E-state index contributed by atoms with van der Waals surface area (Å²) in [6.07, 6.45) is 0. The second-order valence-electron chi connectivity index (χ2n) is 4.78. The van der Waals surface area contributed by atoms with Gasteiger partial charge < -0.3 is 9.47 Å². The van der Waals surface area contributed by atoms with Gasteiger partial charge >= 0.3 is 0 Å². The molecule has 0 radical (unpaired) electrons. The van der Waals surface area contributed by atoms with E-state index in [9.17, 15) is 0 Å². The zero-order chi connectivity index (χ0) is 11.6. The van der Waals surface area contributed by atoms with Crippen molar-refractivity contribution in [1.29, 1.82) is 0 Å². The topological polar surface area (TPSA) is 18.5 Å². The fourth-order valence-corrected chi connectivity index (χ4v) is 1.69. The first-order valence-electron chi connectivity index (χ1n) is 5.13. The lowest BCUT2D eigenvalue weighted by atomic mass is 9.85. The first-order valence-corrected chi connectivity index (χ1v) is 5.13. The van der Waals surface area contributed by atoms with Gasteiger partial charge in [0.05, 0.1) is 14.2 Å². The Bertz CT molecular complexity index is 348. The third-order valence-electron chi connectivity index (χ3n) is 2.50. The molecule has 0 aliphatic carbocycles. The molecule has 0 aliphatic heterocycles. The molecule has 1 aromatic rings. The van der Waals surface area contributed by atoms with Crippen molar-refractivity contribution in [1.82, 2.24) is 0 Å². The minimum absolute atomic E-state index is 0.0602. The Labute approximate surface area is 92.2 Å². The monoisotopic (exact) mass is 208 g/mol. The highest BCUT2D eigenvalue weighted by Gasteiger charge is 2.21. The normalized spacial score (nSPS) is 11.3. The molecule has 2 heteroatoms. The van der Waals surface area contributed by atoms with Crippen LogP contribution in [0.15, 0.2) is 12.1 Å². The Morgan fingerprint density at radius 3 is 2.00 bits per heavy atom. The Balaban J connectivity index is 3.39. The average molecular weight is 208 g/mol. The summed E-state index contributed by atoms with van der Waals surface area (Å²) in [5.74, 6) is 1.85. The summed E-state index contributed by atoms with van der Waals surface area (Å²) in [7, 11) is 3.40. The lowest BCUT2D eigenvalue weighted by molar-refractivity contribution is 0.385. The van der Waals surface area contributed by atoms with Crippen LogP contribution in [0, 0.1) is 6.92 Å². The second-order valence-corrected chi connectivity index (χ2v) is 4.78. The van der Waals surface area contributed by atoms with E-state index >= 15 is 0 Å². The smallest absolute Gasteiger partial charge is 0.125 e. The van der Waals surface area contributed by atoms with Gasteiger partial charge in [-0.15, -0.1) is 0 Å². The summed E-state index contributed by atoms with van der Waals surface area (Å²) < 4.78 is 10.7. The van der Waals surface area contributed by atoms with E-state index in [1.54, 1.807) is 14.2 Å². The molecule has 0 fully saturated rings. The van der Waals surface area contributed by atoms with E-state index in [2.05, 4.69) is 20.8 Å². The van der Waals surface area contributed by atoms with Crippen LogP contribution in [0.4, 0.5) is 0 Å². The minimum atomic E-state index is 0.0602. The van der Waals surface area contributed by atoms with Crippen LogP contribution < -0.4 is 9.47 Å². The van der Waals surface area contributed by atoms with Crippen LogP contribution in [-0.2, 0) is 5.41 Å². The largest absolute Gasteiger partial charge is 0.497 e. The van der Waals surface area contributed by atoms with Gasteiger partial charge in [-0.05, 0) is 30.0 Å². The van der Waals surface area contributed by atoms with Gasteiger partial charge in [0.2, 0.25) is 0 Å². The first kappa shape index (κ1) is 11.9. The number of aryl methyl sites for hydroxylation is 1. The van der Waals surface area contributed by atoms with Crippen LogP contribution in [0.1, 0.15) is 31.9 Å². The van der Waals surface area contributed by atoms with Gasteiger partial charge in [-0.1, -0.05) is 20.8 Å². The highest BCUT2D eigenvalue weighted by atomic mass is 16.5. The van der Waals surface area contributed by atoms with E-state index in [-0.39, 0.29) is 5.41 Å². The van der Waals surface area contributed by atoms with Crippen LogP contribution in [0.2, 0.25) is 0 Å². The number of ether oxygens (including phenoxy) is 2. The maximum atomic E-state index is 5.45. The van der Waals surface area contributed by atoms with Crippen LogP contribution in [0.25, 0.3) is 0 Å². The molecule has 1 rings (SSSR count). The van der Waals surface area contributed by atoms with Crippen LogP contribution >= 0.6 is 0 Å². The molecular weight excluding hydrogens is 188 g/mol. The molecule has 0 saturated carbocycles. The fourth-order valence-electron chi connectivity index (χ4n) is 1.69. The van der Waals surface area contributed by atoms with E-state index in [1.165, 1.54) is 5.56 Å². The Morgan fingerprint density at radius 2 is 1.60 bits per heavy atom. The molecule has 15 heavy (non-hydrogen) atoms. The van der Waals surface area contributed by atoms with E-state index in [0.29, 0.717) is 0 Å². The zero-order valence-electron chi connectivity index (χ0n) is 10.5. The highest BCUT2D eigenvalue weighted by molar-refractivity contribution is 5.49. The maximum Gasteiger partial charge on any atom is 0.125 e. The van der Waals surface area contributed by atoms with Crippen molar-refractivity contribution in [3.8, 4) is 11.5 Å². The molecule has 1 aromatic carbocycles. The van der Waals surface area contributed by atoms with E-state index in [0.717, 1.165) is 17.1 Å². The molecule has 0 spiro atoms. The summed E-state index contributed by atoms with van der Waals surface area (Å²) >= 11 is 0. The molecule has 2 nitrogen and oxygen atoms in total.